The molecule has 8 nitrogen and oxygen atoms in total. The third-order valence-electron chi connectivity index (χ3n) is 6.56. The number of esters is 1. The van der Waals surface area contributed by atoms with Gasteiger partial charge >= 0.3 is 5.97 Å². The number of fused-ring (bicyclic) bond motifs is 1. The van der Waals surface area contributed by atoms with Crippen LogP contribution in [-0.2, 0) is 14.3 Å². The highest BCUT2D eigenvalue weighted by Crippen LogP contribution is 2.34. The molecule has 180 valence electrons. The van der Waals surface area contributed by atoms with E-state index < -0.39 is 47.8 Å². The number of carbonyl (C=O) groups is 5. The molecule has 3 aromatic rings. The molecule has 2 aliphatic rings. The average molecular weight is 482 g/mol. The lowest BCUT2D eigenvalue weighted by atomic mass is 9.86. The van der Waals surface area contributed by atoms with E-state index in [1.165, 1.54) is 19.1 Å². The molecule has 2 aliphatic heterocycles. The Hall–Kier alpha value is -4.59. The molecular formula is C28H22N2O6. The third kappa shape index (κ3) is 3.86. The molecule has 2 heterocycles. The summed E-state index contributed by atoms with van der Waals surface area (Å²) in [5, 5.41) is 2.68. The highest BCUT2D eigenvalue weighted by atomic mass is 16.6. The maximum absolute atomic E-state index is 13.3. The molecule has 36 heavy (non-hydrogen) atoms. The topological polar surface area (TPSA) is 110 Å². The minimum Gasteiger partial charge on any atom is -0.450 e. The number of ether oxygens (including phenoxy) is 1. The lowest BCUT2D eigenvalue weighted by Gasteiger charge is -2.25. The van der Waals surface area contributed by atoms with Crippen LogP contribution < -0.4 is 5.32 Å². The van der Waals surface area contributed by atoms with Crippen molar-refractivity contribution in [1.82, 2.24) is 10.2 Å². The van der Waals surface area contributed by atoms with E-state index >= 15 is 0 Å². The fraction of sp³-hybridized carbons (Fsp3) is 0.179. The van der Waals surface area contributed by atoms with Crippen LogP contribution in [0.4, 0.5) is 0 Å². The minimum atomic E-state index is -1.32. The molecule has 0 aromatic heterocycles. The van der Waals surface area contributed by atoms with Gasteiger partial charge in [-0.1, -0.05) is 72.8 Å². The van der Waals surface area contributed by atoms with Crippen LogP contribution in [0.5, 0.6) is 0 Å². The predicted molar refractivity (Wildman–Crippen MR) is 128 cm³/mol. The van der Waals surface area contributed by atoms with Gasteiger partial charge in [0, 0.05) is 5.56 Å². The average Bonchev–Trinajstić information content (AvgIpc) is 3.37. The lowest BCUT2D eigenvalue weighted by Crippen LogP contribution is -2.45. The van der Waals surface area contributed by atoms with E-state index in [1.54, 1.807) is 72.8 Å². The van der Waals surface area contributed by atoms with E-state index in [-0.39, 0.29) is 16.9 Å². The molecule has 0 saturated carbocycles. The number of hydrogen-bond acceptors (Lipinski definition) is 6. The summed E-state index contributed by atoms with van der Waals surface area (Å²) < 4.78 is 5.63. The minimum absolute atomic E-state index is 0.205. The summed E-state index contributed by atoms with van der Waals surface area (Å²) in [5.74, 6) is -3.87. The second-order valence-corrected chi connectivity index (χ2v) is 8.71. The van der Waals surface area contributed by atoms with Crippen LogP contribution in [0.25, 0.3) is 0 Å². The number of nitrogens with one attached hydrogen (secondary N) is 1. The van der Waals surface area contributed by atoms with Gasteiger partial charge in [0.15, 0.2) is 11.9 Å². The van der Waals surface area contributed by atoms with Gasteiger partial charge in [0.25, 0.3) is 17.7 Å². The number of nitrogens with zero attached hydrogens (tertiary/aromatic N) is 1. The maximum atomic E-state index is 13.3. The van der Waals surface area contributed by atoms with E-state index in [2.05, 4.69) is 5.32 Å². The molecule has 0 radical (unpaired) electrons. The Labute approximate surface area is 206 Å². The zero-order valence-electron chi connectivity index (χ0n) is 19.3. The molecule has 1 fully saturated rings. The molecule has 0 spiro atoms. The highest BCUT2D eigenvalue weighted by Gasteiger charge is 2.50. The summed E-state index contributed by atoms with van der Waals surface area (Å²) >= 11 is 0. The predicted octanol–water partition coefficient (Wildman–Crippen LogP) is 2.75. The van der Waals surface area contributed by atoms with Gasteiger partial charge in [0.2, 0.25) is 0 Å². The normalized spacial score (nSPS) is 21.6. The van der Waals surface area contributed by atoms with E-state index in [0.29, 0.717) is 11.1 Å². The SMILES string of the molecule is C[C@@H](C(=O)O[C@@H]1C(=O)N[C@@H](C(=O)c2ccccc2)[C@H]1c1ccccc1)N1C(=O)c2ccccc2C1=O. The summed E-state index contributed by atoms with van der Waals surface area (Å²) in [6.07, 6.45) is -1.32. The zero-order valence-corrected chi connectivity index (χ0v) is 19.3. The van der Waals surface area contributed by atoms with Gasteiger partial charge < -0.3 is 10.1 Å². The monoisotopic (exact) mass is 482 g/mol. The summed E-state index contributed by atoms with van der Waals surface area (Å²) in [4.78, 5) is 65.9. The first kappa shape index (κ1) is 23.2. The van der Waals surface area contributed by atoms with Crippen LogP contribution in [-0.4, -0.2) is 52.6 Å². The summed E-state index contributed by atoms with van der Waals surface area (Å²) in [7, 11) is 0. The first-order valence-corrected chi connectivity index (χ1v) is 11.5. The van der Waals surface area contributed by atoms with Crippen molar-refractivity contribution in [2.75, 3.05) is 0 Å². The molecular weight excluding hydrogens is 460 g/mol. The Morgan fingerprint density at radius 3 is 1.92 bits per heavy atom. The zero-order chi connectivity index (χ0) is 25.4. The molecule has 3 aromatic carbocycles. The fourth-order valence-electron chi connectivity index (χ4n) is 4.73. The number of ketones is 1. The number of hydrogen-bond donors (Lipinski definition) is 1. The Morgan fingerprint density at radius 2 is 1.33 bits per heavy atom. The standard InChI is InChI=1S/C28H22N2O6/c1-16(30-26(33)19-14-8-9-15-20(19)27(30)34)28(35)36-24-21(17-10-4-2-5-11-17)22(29-25(24)32)23(31)18-12-6-3-7-13-18/h2-16,21-22,24H,1H3,(H,29,32)/t16-,21+,22+,24-/m0/s1. The van der Waals surface area contributed by atoms with Gasteiger partial charge in [-0.2, -0.15) is 0 Å². The maximum Gasteiger partial charge on any atom is 0.329 e. The second kappa shape index (κ2) is 9.22. The van der Waals surface area contributed by atoms with Crippen molar-refractivity contribution in [2.45, 2.75) is 31.0 Å². The van der Waals surface area contributed by atoms with E-state index in [4.69, 9.17) is 4.74 Å². The number of rotatable bonds is 6. The largest absolute Gasteiger partial charge is 0.450 e. The van der Waals surface area contributed by atoms with Crippen molar-refractivity contribution in [3.63, 3.8) is 0 Å². The molecule has 0 unspecified atom stereocenters. The first-order chi connectivity index (χ1) is 17.4. The van der Waals surface area contributed by atoms with Crippen LogP contribution in [0, 0.1) is 0 Å². The quantitative estimate of drug-likeness (QED) is 0.329. The molecule has 1 saturated heterocycles. The Balaban J connectivity index is 1.42. The Kier molecular flexibility index (Phi) is 5.93. The molecule has 8 heteroatoms. The van der Waals surface area contributed by atoms with Crippen molar-refractivity contribution in [1.29, 1.82) is 0 Å². The number of benzene rings is 3. The summed E-state index contributed by atoms with van der Waals surface area (Å²) in [5.41, 5.74) is 1.46. The van der Waals surface area contributed by atoms with Gasteiger partial charge in [-0.15, -0.1) is 0 Å². The van der Waals surface area contributed by atoms with Crippen LogP contribution in [0.3, 0.4) is 0 Å². The van der Waals surface area contributed by atoms with Gasteiger partial charge in [0.05, 0.1) is 17.0 Å². The van der Waals surface area contributed by atoms with Crippen LogP contribution in [0.15, 0.2) is 84.9 Å². The second-order valence-electron chi connectivity index (χ2n) is 8.71. The Morgan fingerprint density at radius 1 is 0.806 bits per heavy atom. The lowest BCUT2D eigenvalue weighted by molar-refractivity contribution is -0.158. The number of carbonyl (C=O) groups excluding carboxylic acids is 5. The third-order valence-corrected chi connectivity index (χ3v) is 6.56. The molecule has 3 amide bonds. The molecule has 0 aliphatic carbocycles. The van der Waals surface area contributed by atoms with Crippen molar-refractivity contribution in [2.24, 2.45) is 0 Å². The first-order valence-electron chi connectivity index (χ1n) is 11.5. The van der Waals surface area contributed by atoms with Crippen molar-refractivity contribution in [3.05, 3.63) is 107 Å². The van der Waals surface area contributed by atoms with Crippen LogP contribution >= 0.6 is 0 Å². The number of imide groups is 1. The van der Waals surface area contributed by atoms with Gasteiger partial charge in [-0.05, 0) is 24.6 Å². The number of Topliss-reactive ketones (excluding diaryl/α,β-unsaturated/α-hetero) is 1. The van der Waals surface area contributed by atoms with E-state index in [0.717, 1.165) is 4.90 Å². The van der Waals surface area contributed by atoms with Crippen LogP contribution in [0.2, 0.25) is 0 Å². The summed E-state index contributed by atoms with van der Waals surface area (Å²) in [6.45, 7) is 1.38. The van der Waals surface area contributed by atoms with E-state index in [1.807, 2.05) is 0 Å². The van der Waals surface area contributed by atoms with Crippen LogP contribution in [0.1, 0.15) is 49.5 Å². The van der Waals surface area contributed by atoms with E-state index in [9.17, 15) is 24.0 Å². The van der Waals surface area contributed by atoms with Crippen molar-refractivity contribution in [3.8, 4) is 0 Å². The van der Waals surface area contributed by atoms with Crippen molar-refractivity contribution < 1.29 is 28.7 Å². The molecule has 5 rings (SSSR count). The summed E-state index contributed by atoms with van der Waals surface area (Å²) in [6, 6.07) is 21.4. The van der Waals surface area contributed by atoms with Crippen molar-refractivity contribution >= 4 is 29.5 Å². The fourth-order valence-corrected chi connectivity index (χ4v) is 4.73. The van der Waals surface area contributed by atoms with Gasteiger partial charge in [-0.3, -0.25) is 24.1 Å². The smallest absolute Gasteiger partial charge is 0.329 e. The van der Waals surface area contributed by atoms with Gasteiger partial charge in [0.1, 0.15) is 12.1 Å². The number of amides is 3. The highest BCUT2D eigenvalue weighted by molar-refractivity contribution is 6.22. The molecule has 4 atom stereocenters. The molecule has 1 N–H and O–H groups in total. The molecule has 0 bridgehead atoms. The van der Waals surface area contributed by atoms with Gasteiger partial charge in [-0.25, -0.2) is 4.79 Å². The Bertz CT molecular complexity index is 1340.